The highest BCUT2D eigenvalue weighted by atomic mass is 19.1. The number of nitrogens with zero attached hydrogens (tertiary/aromatic N) is 3. The number of furan rings is 1. The molecule has 1 N–H and O–H groups in total. The van der Waals surface area contributed by atoms with E-state index >= 15 is 0 Å². The number of carbonyl (C=O) groups excluding carboxylic acids is 2. The van der Waals surface area contributed by atoms with Crippen LogP contribution in [-0.4, -0.2) is 58.0 Å². The van der Waals surface area contributed by atoms with Crippen LogP contribution < -0.4 is 5.56 Å². The van der Waals surface area contributed by atoms with E-state index < -0.39 is 11.7 Å². The lowest BCUT2D eigenvalue weighted by Crippen LogP contribution is -2.50. The number of halogens is 1. The summed E-state index contributed by atoms with van der Waals surface area (Å²) in [4.78, 5) is 40.9. The molecule has 2 aliphatic rings. The van der Waals surface area contributed by atoms with Gasteiger partial charge in [-0.05, 0) is 61.1 Å². The van der Waals surface area contributed by atoms with Crippen LogP contribution in [0, 0.1) is 5.82 Å². The molecule has 1 fully saturated rings. The van der Waals surface area contributed by atoms with Crippen LogP contribution in [-0.2, 0) is 19.3 Å². The maximum Gasteiger partial charge on any atom is 0.289 e. The topological polar surface area (TPSA) is 99.5 Å². The summed E-state index contributed by atoms with van der Waals surface area (Å²) in [6.45, 7) is 1.31. The largest absolute Gasteiger partial charge is 0.459 e. The quantitative estimate of drug-likeness (QED) is 0.640. The van der Waals surface area contributed by atoms with E-state index in [-0.39, 0.29) is 22.8 Å². The number of carbonyl (C=O) groups is 2. The van der Waals surface area contributed by atoms with Crippen molar-refractivity contribution in [3.63, 3.8) is 0 Å². The summed E-state index contributed by atoms with van der Waals surface area (Å²) in [5.41, 5.74) is 3.15. The van der Waals surface area contributed by atoms with Gasteiger partial charge in [-0.25, -0.2) is 9.49 Å². The first-order chi connectivity index (χ1) is 16.5. The highest BCUT2D eigenvalue weighted by Gasteiger charge is 2.28. The van der Waals surface area contributed by atoms with Crippen LogP contribution in [0.3, 0.4) is 0 Å². The van der Waals surface area contributed by atoms with Crippen LogP contribution >= 0.6 is 0 Å². The Kier molecular flexibility index (Phi) is 6.00. The number of aromatic nitrogens is 2. The van der Waals surface area contributed by atoms with Gasteiger partial charge in [0.2, 0.25) is 0 Å². The zero-order valence-corrected chi connectivity index (χ0v) is 18.7. The first-order valence-electron chi connectivity index (χ1n) is 11.5. The normalized spacial score (nSPS) is 15.8. The van der Waals surface area contributed by atoms with Crippen LogP contribution in [0.15, 0.2) is 45.8 Å². The summed E-state index contributed by atoms with van der Waals surface area (Å²) < 4.78 is 19.8. The summed E-state index contributed by atoms with van der Waals surface area (Å²) in [6, 6.07) is 7.78. The van der Waals surface area contributed by atoms with Gasteiger partial charge in [0, 0.05) is 38.2 Å². The Morgan fingerprint density at radius 3 is 2.41 bits per heavy atom. The SMILES string of the molecule is O=C(c1ccco1)N1CCN(C(=O)c2cc(Cc3n[nH]c(=O)c4c3CCCC4)ccc2F)CC1. The molecular weight excluding hydrogens is 439 g/mol. The third kappa shape index (κ3) is 4.25. The summed E-state index contributed by atoms with van der Waals surface area (Å²) in [5, 5.41) is 6.83. The van der Waals surface area contributed by atoms with Crippen molar-refractivity contribution in [1.29, 1.82) is 0 Å². The molecule has 0 unspecified atom stereocenters. The van der Waals surface area contributed by atoms with Crippen molar-refractivity contribution in [2.24, 2.45) is 0 Å². The van der Waals surface area contributed by atoms with E-state index in [0.717, 1.165) is 48.1 Å². The van der Waals surface area contributed by atoms with Crippen LogP contribution in [0.2, 0.25) is 0 Å². The minimum atomic E-state index is -0.584. The summed E-state index contributed by atoms with van der Waals surface area (Å²) in [5.74, 6) is -0.946. The number of hydrogen-bond acceptors (Lipinski definition) is 5. The predicted molar refractivity (Wildman–Crippen MR) is 121 cm³/mol. The average Bonchev–Trinajstić information content (AvgIpc) is 3.41. The van der Waals surface area contributed by atoms with Gasteiger partial charge < -0.3 is 14.2 Å². The first-order valence-corrected chi connectivity index (χ1v) is 11.5. The number of hydrogen-bond donors (Lipinski definition) is 1. The molecule has 34 heavy (non-hydrogen) atoms. The fraction of sp³-hybridized carbons (Fsp3) is 0.360. The van der Waals surface area contributed by atoms with Crippen molar-refractivity contribution >= 4 is 11.8 Å². The van der Waals surface area contributed by atoms with E-state index in [1.54, 1.807) is 34.1 Å². The van der Waals surface area contributed by atoms with Crippen molar-refractivity contribution in [2.75, 3.05) is 26.2 Å². The molecule has 9 heteroatoms. The Morgan fingerprint density at radius 1 is 1.00 bits per heavy atom. The van der Waals surface area contributed by atoms with Crippen LogP contribution in [0.25, 0.3) is 0 Å². The summed E-state index contributed by atoms with van der Waals surface area (Å²) in [6.07, 6.45) is 5.38. The molecule has 3 heterocycles. The Balaban J connectivity index is 1.30. The Morgan fingerprint density at radius 2 is 1.71 bits per heavy atom. The first kappa shape index (κ1) is 22.1. The molecule has 0 spiro atoms. The highest BCUT2D eigenvalue weighted by molar-refractivity contribution is 5.95. The van der Waals surface area contributed by atoms with Crippen LogP contribution in [0.1, 0.15) is 56.1 Å². The molecule has 0 saturated carbocycles. The fourth-order valence-corrected chi connectivity index (χ4v) is 4.75. The van der Waals surface area contributed by atoms with E-state index in [9.17, 15) is 18.8 Å². The number of piperazine rings is 1. The van der Waals surface area contributed by atoms with E-state index in [1.807, 2.05) is 0 Å². The number of rotatable bonds is 4. The van der Waals surface area contributed by atoms with Gasteiger partial charge in [0.05, 0.1) is 17.5 Å². The molecule has 1 aliphatic heterocycles. The van der Waals surface area contributed by atoms with E-state index in [2.05, 4.69) is 10.2 Å². The second kappa shape index (κ2) is 9.24. The van der Waals surface area contributed by atoms with Gasteiger partial charge in [-0.1, -0.05) is 6.07 Å². The summed E-state index contributed by atoms with van der Waals surface area (Å²) >= 11 is 0. The molecule has 0 radical (unpaired) electrons. The molecule has 176 valence electrons. The molecule has 0 atom stereocenters. The van der Waals surface area contributed by atoms with Gasteiger partial charge in [0.25, 0.3) is 17.4 Å². The lowest BCUT2D eigenvalue weighted by molar-refractivity contribution is 0.0515. The lowest BCUT2D eigenvalue weighted by atomic mass is 9.90. The maximum atomic E-state index is 14.6. The Bertz CT molecular complexity index is 1280. The zero-order chi connectivity index (χ0) is 23.7. The molecule has 0 bridgehead atoms. The second-order valence-electron chi connectivity index (χ2n) is 8.72. The lowest BCUT2D eigenvalue weighted by Gasteiger charge is -2.34. The van der Waals surface area contributed by atoms with Gasteiger partial charge in [-0.3, -0.25) is 14.4 Å². The molecule has 3 aromatic rings. The smallest absolute Gasteiger partial charge is 0.289 e. The molecule has 2 amide bonds. The monoisotopic (exact) mass is 464 g/mol. The minimum Gasteiger partial charge on any atom is -0.459 e. The molecular formula is C25H25FN4O4. The van der Waals surface area contributed by atoms with Gasteiger partial charge in [0.1, 0.15) is 5.82 Å². The second-order valence-corrected chi connectivity index (χ2v) is 8.72. The standard InChI is InChI=1S/C25H25FN4O4/c26-20-8-7-16(15-21-17-4-1-2-5-18(17)23(31)28-27-21)14-19(20)24(32)29-9-11-30(12-10-29)25(33)22-6-3-13-34-22/h3,6-8,13-14H,1-2,4-5,9-12,15H2,(H,28,31). The van der Waals surface area contributed by atoms with Crippen LogP contribution in [0.5, 0.6) is 0 Å². The molecule has 1 aliphatic carbocycles. The molecule has 8 nitrogen and oxygen atoms in total. The summed E-state index contributed by atoms with van der Waals surface area (Å²) in [7, 11) is 0. The van der Waals surface area contributed by atoms with Gasteiger partial charge in [-0.2, -0.15) is 5.10 Å². The number of fused-ring (bicyclic) bond motifs is 1. The van der Waals surface area contributed by atoms with Gasteiger partial charge >= 0.3 is 0 Å². The molecule has 5 rings (SSSR count). The number of aromatic amines is 1. The number of benzene rings is 1. The van der Waals surface area contributed by atoms with Crippen molar-refractivity contribution in [2.45, 2.75) is 32.1 Å². The van der Waals surface area contributed by atoms with Crippen molar-refractivity contribution in [1.82, 2.24) is 20.0 Å². The van der Waals surface area contributed by atoms with E-state index in [0.29, 0.717) is 32.6 Å². The number of amides is 2. The highest BCUT2D eigenvalue weighted by Crippen LogP contribution is 2.23. The molecule has 2 aromatic heterocycles. The maximum absolute atomic E-state index is 14.6. The number of H-pyrrole nitrogens is 1. The Hall–Kier alpha value is -3.75. The van der Waals surface area contributed by atoms with E-state index in [4.69, 9.17) is 4.42 Å². The third-order valence-corrected chi connectivity index (χ3v) is 6.60. The minimum absolute atomic E-state index is 0.00148. The van der Waals surface area contributed by atoms with Gasteiger partial charge in [0.15, 0.2) is 5.76 Å². The van der Waals surface area contributed by atoms with Crippen molar-refractivity contribution in [3.05, 3.63) is 86.5 Å². The number of nitrogens with one attached hydrogen (secondary N) is 1. The van der Waals surface area contributed by atoms with Crippen molar-refractivity contribution in [3.8, 4) is 0 Å². The van der Waals surface area contributed by atoms with E-state index in [1.165, 1.54) is 12.3 Å². The third-order valence-electron chi connectivity index (χ3n) is 6.60. The predicted octanol–water partition coefficient (Wildman–Crippen LogP) is 2.57. The average molecular weight is 464 g/mol. The zero-order valence-electron chi connectivity index (χ0n) is 18.7. The van der Waals surface area contributed by atoms with Crippen LogP contribution in [0.4, 0.5) is 4.39 Å². The van der Waals surface area contributed by atoms with Gasteiger partial charge in [-0.15, -0.1) is 0 Å². The fourth-order valence-electron chi connectivity index (χ4n) is 4.75. The molecule has 1 saturated heterocycles. The van der Waals surface area contributed by atoms with Crippen molar-refractivity contribution < 1.29 is 18.4 Å². The Labute approximate surface area is 195 Å². The molecule has 1 aromatic carbocycles.